The maximum atomic E-state index is 13.4. The highest BCUT2D eigenvalue weighted by Crippen LogP contribution is 2.40. The molecule has 21 heavy (non-hydrogen) atoms. The zero-order valence-electron chi connectivity index (χ0n) is 12.3. The summed E-state index contributed by atoms with van der Waals surface area (Å²) in [6.07, 6.45) is 7.72. The smallest absolute Gasteiger partial charge is 0.141 e. The summed E-state index contributed by atoms with van der Waals surface area (Å²) in [5.41, 5.74) is 2.24. The van der Waals surface area contributed by atoms with Crippen molar-refractivity contribution in [3.05, 3.63) is 65.7 Å². The minimum absolute atomic E-state index is 0.00694. The molecule has 0 unspecified atom stereocenters. The van der Waals surface area contributed by atoms with Gasteiger partial charge in [-0.05, 0) is 37.0 Å². The fourth-order valence-electron chi connectivity index (χ4n) is 3.41. The van der Waals surface area contributed by atoms with Gasteiger partial charge in [0.05, 0.1) is 6.20 Å². The average molecular weight is 284 g/mol. The van der Waals surface area contributed by atoms with Gasteiger partial charge in [-0.2, -0.15) is 0 Å². The molecule has 0 amide bonds. The van der Waals surface area contributed by atoms with Crippen molar-refractivity contribution < 1.29 is 4.39 Å². The van der Waals surface area contributed by atoms with Crippen LogP contribution in [0.1, 0.15) is 49.8 Å². The van der Waals surface area contributed by atoms with E-state index >= 15 is 0 Å². The van der Waals surface area contributed by atoms with E-state index in [0.717, 1.165) is 18.4 Å². The first-order valence-electron chi connectivity index (χ1n) is 7.63. The Bertz CT molecular complexity index is 591. The Kier molecular flexibility index (Phi) is 4.02. The van der Waals surface area contributed by atoms with E-state index in [2.05, 4.69) is 41.5 Å². The monoisotopic (exact) mass is 284 g/mol. The molecular weight excluding hydrogens is 263 g/mol. The van der Waals surface area contributed by atoms with Gasteiger partial charge >= 0.3 is 0 Å². The van der Waals surface area contributed by atoms with E-state index in [9.17, 15) is 4.39 Å². The van der Waals surface area contributed by atoms with Crippen molar-refractivity contribution in [2.45, 2.75) is 44.2 Å². The van der Waals surface area contributed by atoms with Crippen LogP contribution in [0.15, 0.2) is 48.8 Å². The summed E-state index contributed by atoms with van der Waals surface area (Å²) in [6, 6.07) is 12.2. The molecule has 1 aliphatic rings. The van der Waals surface area contributed by atoms with Gasteiger partial charge < -0.3 is 5.32 Å². The normalized spacial score (nSPS) is 18.6. The van der Waals surface area contributed by atoms with Crippen LogP contribution in [-0.2, 0) is 5.54 Å². The number of nitrogens with one attached hydrogen (secondary N) is 1. The van der Waals surface area contributed by atoms with Gasteiger partial charge in [-0.15, -0.1) is 0 Å². The van der Waals surface area contributed by atoms with Crippen LogP contribution in [0.25, 0.3) is 0 Å². The molecule has 3 rings (SSSR count). The van der Waals surface area contributed by atoms with Crippen LogP contribution in [0.4, 0.5) is 4.39 Å². The Balaban J connectivity index is 1.86. The van der Waals surface area contributed by atoms with E-state index in [4.69, 9.17) is 0 Å². The van der Waals surface area contributed by atoms with Gasteiger partial charge in [0.25, 0.3) is 0 Å². The lowest BCUT2D eigenvalue weighted by Crippen LogP contribution is -2.41. The number of pyridine rings is 1. The molecule has 0 radical (unpaired) electrons. The average Bonchev–Trinajstić information content (AvgIpc) is 2.98. The second kappa shape index (κ2) is 5.94. The summed E-state index contributed by atoms with van der Waals surface area (Å²) in [5, 5.41) is 3.75. The van der Waals surface area contributed by atoms with Crippen molar-refractivity contribution >= 4 is 0 Å². The van der Waals surface area contributed by atoms with Crippen LogP contribution < -0.4 is 5.32 Å². The Morgan fingerprint density at radius 2 is 1.86 bits per heavy atom. The summed E-state index contributed by atoms with van der Waals surface area (Å²) in [5.74, 6) is -0.277. The van der Waals surface area contributed by atoms with Gasteiger partial charge in [-0.25, -0.2) is 4.39 Å². The first-order chi connectivity index (χ1) is 10.2. The maximum Gasteiger partial charge on any atom is 0.141 e. The van der Waals surface area contributed by atoms with E-state index < -0.39 is 0 Å². The van der Waals surface area contributed by atoms with Gasteiger partial charge in [0.1, 0.15) is 5.82 Å². The molecule has 1 saturated carbocycles. The summed E-state index contributed by atoms with van der Waals surface area (Å²) in [6.45, 7) is 2.08. The summed E-state index contributed by atoms with van der Waals surface area (Å²) in [7, 11) is 0. The first-order valence-corrected chi connectivity index (χ1v) is 7.63. The van der Waals surface area contributed by atoms with Crippen molar-refractivity contribution in [1.82, 2.24) is 10.3 Å². The van der Waals surface area contributed by atoms with Gasteiger partial charge in [0.2, 0.25) is 0 Å². The molecule has 0 bridgehead atoms. The van der Waals surface area contributed by atoms with E-state index in [1.807, 2.05) is 6.07 Å². The molecule has 0 saturated heterocycles. The van der Waals surface area contributed by atoms with Crippen LogP contribution >= 0.6 is 0 Å². The SMILES string of the molecule is C[C@H](NC1(c2ccccc2)CCCC1)c1cncc(F)c1. The lowest BCUT2D eigenvalue weighted by atomic mass is 9.87. The van der Waals surface area contributed by atoms with E-state index in [1.165, 1.54) is 24.6 Å². The van der Waals surface area contributed by atoms with Crippen LogP contribution in [0.3, 0.4) is 0 Å². The fraction of sp³-hybridized carbons (Fsp3) is 0.389. The summed E-state index contributed by atoms with van der Waals surface area (Å²) < 4.78 is 13.4. The molecule has 3 heteroatoms. The number of benzene rings is 1. The Labute approximate surface area is 125 Å². The zero-order chi connectivity index (χ0) is 14.7. The number of hydrogen-bond acceptors (Lipinski definition) is 2. The Morgan fingerprint density at radius 3 is 2.52 bits per heavy atom. The second-order valence-corrected chi connectivity index (χ2v) is 5.96. The van der Waals surface area contributed by atoms with Crippen molar-refractivity contribution in [2.75, 3.05) is 0 Å². The van der Waals surface area contributed by atoms with Gasteiger partial charge in [0.15, 0.2) is 0 Å². The number of halogens is 1. The lowest BCUT2D eigenvalue weighted by molar-refractivity contribution is 0.304. The molecule has 1 aliphatic carbocycles. The second-order valence-electron chi connectivity index (χ2n) is 5.96. The highest BCUT2D eigenvalue weighted by atomic mass is 19.1. The Hall–Kier alpha value is -1.74. The summed E-state index contributed by atoms with van der Waals surface area (Å²) >= 11 is 0. The molecule has 1 fully saturated rings. The minimum Gasteiger partial charge on any atom is -0.301 e. The molecule has 0 spiro atoms. The lowest BCUT2D eigenvalue weighted by Gasteiger charge is -2.34. The maximum absolute atomic E-state index is 13.4. The first kappa shape index (κ1) is 14.2. The molecule has 0 aliphatic heterocycles. The van der Waals surface area contributed by atoms with Crippen LogP contribution in [0.2, 0.25) is 0 Å². The van der Waals surface area contributed by atoms with Gasteiger partial charge in [-0.1, -0.05) is 43.2 Å². The topological polar surface area (TPSA) is 24.9 Å². The Morgan fingerprint density at radius 1 is 1.14 bits per heavy atom. The number of nitrogens with zero attached hydrogens (tertiary/aromatic N) is 1. The standard InChI is InChI=1S/C18H21FN2/c1-14(15-11-17(19)13-20-12-15)21-18(9-5-6-10-18)16-7-3-2-4-8-16/h2-4,7-8,11-14,21H,5-6,9-10H2,1H3/t14-/m0/s1. The third-order valence-electron chi connectivity index (χ3n) is 4.50. The predicted molar refractivity (Wildman–Crippen MR) is 82.3 cm³/mol. The molecule has 2 aromatic rings. The molecule has 110 valence electrons. The van der Waals surface area contributed by atoms with Crippen molar-refractivity contribution in [3.8, 4) is 0 Å². The number of rotatable bonds is 4. The molecule has 2 nitrogen and oxygen atoms in total. The zero-order valence-corrected chi connectivity index (χ0v) is 12.3. The highest BCUT2D eigenvalue weighted by molar-refractivity contribution is 5.27. The molecule has 1 N–H and O–H groups in total. The minimum atomic E-state index is -0.277. The summed E-state index contributed by atoms with van der Waals surface area (Å²) in [4.78, 5) is 3.96. The van der Waals surface area contributed by atoms with Crippen LogP contribution in [-0.4, -0.2) is 4.98 Å². The molecule has 1 heterocycles. The fourth-order valence-corrected chi connectivity index (χ4v) is 3.41. The van der Waals surface area contributed by atoms with Crippen LogP contribution in [0.5, 0.6) is 0 Å². The third kappa shape index (κ3) is 2.98. The largest absolute Gasteiger partial charge is 0.301 e. The van der Waals surface area contributed by atoms with E-state index in [0.29, 0.717) is 0 Å². The molecule has 1 aromatic carbocycles. The predicted octanol–water partition coefficient (Wildman–Crippen LogP) is 4.34. The van der Waals surface area contributed by atoms with E-state index in [-0.39, 0.29) is 17.4 Å². The number of hydrogen-bond donors (Lipinski definition) is 1. The quantitative estimate of drug-likeness (QED) is 0.903. The molecule has 1 atom stereocenters. The van der Waals surface area contributed by atoms with Gasteiger partial charge in [0, 0.05) is 17.8 Å². The third-order valence-corrected chi connectivity index (χ3v) is 4.50. The molecular formula is C18H21FN2. The number of aromatic nitrogens is 1. The van der Waals surface area contributed by atoms with Crippen molar-refractivity contribution in [2.24, 2.45) is 0 Å². The molecule has 1 aromatic heterocycles. The highest BCUT2D eigenvalue weighted by Gasteiger charge is 2.36. The van der Waals surface area contributed by atoms with E-state index in [1.54, 1.807) is 12.3 Å². The van der Waals surface area contributed by atoms with Crippen LogP contribution in [0, 0.1) is 5.82 Å². The van der Waals surface area contributed by atoms with Crippen molar-refractivity contribution in [1.29, 1.82) is 0 Å². The van der Waals surface area contributed by atoms with Gasteiger partial charge in [-0.3, -0.25) is 4.98 Å². The van der Waals surface area contributed by atoms with Crippen molar-refractivity contribution in [3.63, 3.8) is 0 Å².